The summed E-state index contributed by atoms with van der Waals surface area (Å²) in [4.78, 5) is 0. The molecule has 0 spiro atoms. The molecule has 0 saturated carbocycles. The van der Waals surface area contributed by atoms with Crippen LogP contribution in [0.25, 0.3) is 0 Å². The molecule has 3 nitrogen and oxygen atoms in total. The molecule has 0 rings (SSSR count). The van der Waals surface area contributed by atoms with Crippen molar-refractivity contribution in [3.63, 3.8) is 0 Å². The summed E-state index contributed by atoms with van der Waals surface area (Å²) in [5.41, 5.74) is 0. The summed E-state index contributed by atoms with van der Waals surface area (Å²) in [6.45, 7) is 10.4. The molecule has 0 bridgehead atoms. The lowest BCUT2D eigenvalue weighted by Crippen LogP contribution is -2.40. The monoisotopic (exact) mass is 724 g/mol. The zero-order chi connectivity index (χ0) is 33.7. The Labute approximate surface area is 297 Å². The number of halogens is 1. The molecule has 0 saturated heterocycles. The number of hydrogen-bond donors (Lipinski definition) is 0. The van der Waals surface area contributed by atoms with Crippen LogP contribution in [0.4, 0.5) is 0 Å². The number of hydrogen-bond acceptors (Lipinski definition) is 3. The van der Waals surface area contributed by atoms with E-state index in [-0.39, 0.29) is 6.29 Å². The van der Waals surface area contributed by atoms with Gasteiger partial charge >= 0.3 is 8.56 Å². The van der Waals surface area contributed by atoms with Gasteiger partial charge in [-0.25, -0.2) is 0 Å². The van der Waals surface area contributed by atoms with E-state index >= 15 is 0 Å². The molecule has 0 aromatic rings. The third kappa shape index (κ3) is 36.4. The minimum Gasteiger partial charge on any atom is -0.394 e. The largest absolute Gasteiger partial charge is 0.394 e. The molecule has 0 amide bonds. The van der Waals surface area contributed by atoms with Gasteiger partial charge in [0.2, 0.25) is 0 Å². The van der Waals surface area contributed by atoms with Crippen molar-refractivity contribution in [1.82, 2.24) is 0 Å². The average Bonchev–Trinajstić information content (AvgIpc) is 3.04. The molecule has 5 heteroatoms. The zero-order valence-electron chi connectivity index (χ0n) is 31.1. The fourth-order valence-electron chi connectivity index (χ4n) is 5.33. The maximum atomic E-state index is 6.49. The molecule has 0 aliphatic carbocycles. The second-order valence-electron chi connectivity index (χ2n) is 13.3. The van der Waals surface area contributed by atoms with E-state index in [9.17, 15) is 0 Å². The van der Waals surface area contributed by atoms with Gasteiger partial charge in [0, 0.05) is 11.9 Å². The van der Waals surface area contributed by atoms with E-state index in [4.69, 9.17) is 13.6 Å². The zero-order valence-corrected chi connectivity index (χ0v) is 33.7. The van der Waals surface area contributed by atoms with E-state index in [1.54, 1.807) is 0 Å². The minimum absolute atomic E-state index is 0.130. The summed E-state index contributed by atoms with van der Waals surface area (Å²) in [6, 6.07) is 0. The lowest BCUT2D eigenvalue weighted by atomic mass is 10.1. The Morgan fingerprint density at radius 2 is 0.935 bits per heavy atom. The number of rotatable bonds is 36. The van der Waals surface area contributed by atoms with Gasteiger partial charge in [-0.05, 0) is 103 Å². The van der Waals surface area contributed by atoms with Crippen molar-refractivity contribution >= 4 is 24.5 Å². The molecule has 0 aliphatic rings. The molecule has 46 heavy (non-hydrogen) atoms. The SMILES string of the molecule is CCCCC/C=C\C/C=C\CCCCCCCCO[Si](C)(C)OC(CCCCCCC/C=C\C/C=C\CCCCC)OCCCBr. The molecule has 0 aromatic heterocycles. The molecule has 0 radical (unpaired) electrons. The summed E-state index contributed by atoms with van der Waals surface area (Å²) in [5.74, 6) is 0. The first-order chi connectivity index (χ1) is 22.6. The smallest absolute Gasteiger partial charge is 0.333 e. The van der Waals surface area contributed by atoms with Gasteiger partial charge in [0.05, 0.1) is 6.61 Å². The fourth-order valence-corrected chi connectivity index (χ4v) is 7.08. The Morgan fingerprint density at radius 1 is 0.500 bits per heavy atom. The van der Waals surface area contributed by atoms with Crippen LogP contribution < -0.4 is 0 Å². The van der Waals surface area contributed by atoms with Gasteiger partial charge in [0.1, 0.15) is 6.29 Å². The Kier molecular flexibility index (Phi) is 37.0. The minimum atomic E-state index is -2.21. The third-order valence-electron chi connectivity index (χ3n) is 8.18. The molecular weight excluding hydrogens is 648 g/mol. The molecule has 1 atom stereocenters. The van der Waals surface area contributed by atoms with Crippen LogP contribution in [0.5, 0.6) is 0 Å². The maximum Gasteiger partial charge on any atom is 0.333 e. The molecule has 0 heterocycles. The van der Waals surface area contributed by atoms with Gasteiger partial charge in [-0.3, -0.25) is 0 Å². The van der Waals surface area contributed by atoms with Crippen molar-refractivity contribution in [3.8, 4) is 0 Å². The Hall–Kier alpha value is -0.463. The summed E-state index contributed by atoms with van der Waals surface area (Å²) in [5, 5.41) is 0.967. The van der Waals surface area contributed by atoms with E-state index in [1.807, 2.05) is 0 Å². The second-order valence-corrected chi connectivity index (χ2v) is 17.4. The number of unbranched alkanes of at least 4 members (excludes halogenated alkanes) is 17. The Bertz CT molecular complexity index is 718. The highest BCUT2D eigenvalue weighted by atomic mass is 79.9. The number of alkyl halides is 1. The van der Waals surface area contributed by atoms with E-state index in [1.165, 1.54) is 122 Å². The van der Waals surface area contributed by atoms with Crippen LogP contribution in [0.15, 0.2) is 48.6 Å². The van der Waals surface area contributed by atoms with Crippen LogP contribution in [0.3, 0.4) is 0 Å². The molecule has 0 N–H and O–H groups in total. The van der Waals surface area contributed by atoms with Crippen LogP contribution >= 0.6 is 15.9 Å². The first-order valence-corrected chi connectivity index (χ1v) is 23.6. The van der Waals surface area contributed by atoms with Crippen molar-refractivity contribution in [1.29, 1.82) is 0 Å². The highest BCUT2D eigenvalue weighted by Crippen LogP contribution is 2.18. The van der Waals surface area contributed by atoms with Gasteiger partial charge in [0.15, 0.2) is 0 Å². The van der Waals surface area contributed by atoms with Crippen LogP contribution in [-0.4, -0.2) is 33.4 Å². The topological polar surface area (TPSA) is 27.7 Å². The van der Waals surface area contributed by atoms with Gasteiger partial charge in [-0.1, -0.05) is 149 Å². The van der Waals surface area contributed by atoms with Gasteiger partial charge < -0.3 is 13.6 Å². The van der Waals surface area contributed by atoms with Crippen LogP contribution in [0.2, 0.25) is 13.1 Å². The Morgan fingerprint density at radius 3 is 1.41 bits per heavy atom. The summed E-state index contributed by atoms with van der Waals surface area (Å²) in [7, 11) is -2.21. The van der Waals surface area contributed by atoms with E-state index in [0.29, 0.717) is 0 Å². The molecular formula is C41H77BrO3Si. The van der Waals surface area contributed by atoms with Crippen LogP contribution in [0.1, 0.15) is 174 Å². The van der Waals surface area contributed by atoms with Crippen molar-refractivity contribution in [2.45, 2.75) is 194 Å². The highest BCUT2D eigenvalue weighted by molar-refractivity contribution is 9.09. The van der Waals surface area contributed by atoms with Gasteiger partial charge in [0.25, 0.3) is 0 Å². The second kappa shape index (κ2) is 37.4. The predicted octanol–water partition coefficient (Wildman–Crippen LogP) is 14.5. The standard InChI is InChI=1S/C41H77BrO3Si/c1-5-7-9-11-13-15-17-19-21-23-25-27-29-31-33-35-40-44-46(3,4)45-41(43-39-36-38-42)37-34-32-30-28-26-24-22-20-18-16-14-12-10-8-6-2/h13-16,19-22,41H,5-12,17-18,23-40H2,1-4H3/b15-13-,16-14-,21-19-,22-20-. The number of ether oxygens (including phenoxy) is 1. The summed E-state index contributed by atoms with van der Waals surface area (Å²) < 4.78 is 19.0. The van der Waals surface area contributed by atoms with E-state index in [2.05, 4.69) is 91.5 Å². The first kappa shape index (κ1) is 45.5. The molecule has 0 aromatic carbocycles. The highest BCUT2D eigenvalue weighted by Gasteiger charge is 2.29. The molecule has 1 unspecified atom stereocenters. The Balaban J connectivity index is 3.92. The molecule has 270 valence electrons. The van der Waals surface area contributed by atoms with Crippen molar-refractivity contribution < 1.29 is 13.6 Å². The van der Waals surface area contributed by atoms with Crippen LogP contribution in [-0.2, 0) is 13.6 Å². The number of allylic oxidation sites excluding steroid dienone is 8. The summed E-state index contributed by atoms with van der Waals surface area (Å²) >= 11 is 3.52. The normalized spacial score (nSPS) is 13.4. The average molecular weight is 726 g/mol. The fraction of sp³-hybridized carbons (Fsp3) is 0.805. The van der Waals surface area contributed by atoms with E-state index < -0.39 is 8.56 Å². The van der Waals surface area contributed by atoms with Crippen LogP contribution in [0, 0.1) is 0 Å². The first-order valence-electron chi connectivity index (χ1n) is 19.6. The third-order valence-corrected chi connectivity index (χ3v) is 10.5. The van der Waals surface area contributed by atoms with Crippen molar-refractivity contribution in [2.75, 3.05) is 18.5 Å². The molecule has 0 aliphatic heterocycles. The molecule has 0 fully saturated rings. The van der Waals surface area contributed by atoms with Crippen molar-refractivity contribution in [2.24, 2.45) is 0 Å². The quantitative estimate of drug-likeness (QED) is 0.0212. The lowest BCUT2D eigenvalue weighted by Gasteiger charge is -2.29. The van der Waals surface area contributed by atoms with E-state index in [0.717, 1.165) is 57.1 Å². The maximum absolute atomic E-state index is 6.49. The lowest BCUT2D eigenvalue weighted by molar-refractivity contribution is -0.103. The van der Waals surface area contributed by atoms with Gasteiger partial charge in [-0.15, -0.1) is 0 Å². The predicted molar refractivity (Wildman–Crippen MR) is 211 cm³/mol. The summed E-state index contributed by atoms with van der Waals surface area (Å²) in [6.07, 6.45) is 49.6. The van der Waals surface area contributed by atoms with Gasteiger partial charge in [-0.2, -0.15) is 0 Å². The van der Waals surface area contributed by atoms with Crippen molar-refractivity contribution in [3.05, 3.63) is 48.6 Å².